The molecule has 2 N–H and O–H groups in total. The number of nitriles is 1. The van der Waals surface area contributed by atoms with E-state index in [1.54, 1.807) is 24.3 Å². The van der Waals surface area contributed by atoms with Gasteiger partial charge >= 0.3 is 6.03 Å². The highest BCUT2D eigenvalue weighted by atomic mass is 16.2. The van der Waals surface area contributed by atoms with Crippen molar-refractivity contribution < 1.29 is 4.79 Å². The van der Waals surface area contributed by atoms with Crippen LogP contribution in [-0.4, -0.2) is 6.03 Å². The second-order valence-electron chi connectivity index (χ2n) is 5.22. The molecule has 2 aromatic carbocycles. The number of rotatable bonds is 3. The molecular weight excluding hydrogens is 262 g/mol. The molecule has 0 saturated heterocycles. The minimum absolute atomic E-state index is 0.221. The fourth-order valence-corrected chi connectivity index (χ4v) is 2.38. The molecule has 0 unspecified atom stereocenters. The van der Waals surface area contributed by atoms with Crippen LogP contribution in [0.1, 0.15) is 24.0 Å². The van der Waals surface area contributed by atoms with E-state index in [0.29, 0.717) is 11.3 Å². The smallest absolute Gasteiger partial charge is 0.319 e. The van der Waals surface area contributed by atoms with Gasteiger partial charge in [-0.05, 0) is 42.7 Å². The van der Waals surface area contributed by atoms with Crippen LogP contribution in [0.5, 0.6) is 0 Å². The number of hydrogen-bond donors (Lipinski definition) is 2. The highest BCUT2D eigenvalue weighted by Crippen LogP contribution is 2.45. The van der Waals surface area contributed by atoms with Gasteiger partial charge in [0.15, 0.2) is 0 Å². The van der Waals surface area contributed by atoms with E-state index in [9.17, 15) is 4.79 Å². The van der Waals surface area contributed by atoms with Crippen LogP contribution >= 0.6 is 0 Å². The summed E-state index contributed by atoms with van der Waals surface area (Å²) in [7, 11) is 0. The summed E-state index contributed by atoms with van der Waals surface area (Å²) in [5.74, 6) is 0. The average molecular weight is 277 g/mol. The Labute approximate surface area is 123 Å². The summed E-state index contributed by atoms with van der Waals surface area (Å²) in [6, 6.07) is 18.6. The Balaban J connectivity index is 1.65. The fourth-order valence-electron chi connectivity index (χ4n) is 2.38. The minimum atomic E-state index is -0.224. The monoisotopic (exact) mass is 277 g/mol. The van der Waals surface area contributed by atoms with Crippen molar-refractivity contribution in [2.45, 2.75) is 18.4 Å². The maximum Gasteiger partial charge on any atom is 0.319 e. The van der Waals surface area contributed by atoms with Crippen molar-refractivity contribution in [2.75, 3.05) is 5.32 Å². The van der Waals surface area contributed by atoms with E-state index < -0.39 is 0 Å². The number of benzene rings is 2. The van der Waals surface area contributed by atoms with Crippen molar-refractivity contribution in [3.05, 3.63) is 65.7 Å². The molecular formula is C17H15N3O. The number of carbonyl (C=O) groups is 1. The van der Waals surface area contributed by atoms with E-state index in [1.807, 2.05) is 36.4 Å². The summed E-state index contributed by atoms with van der Waals surface area (Å²) in [6.07, 6.45) is 1.91. The molecule has 0 radical (unpaired) electrons. The quantitative estimate of drug-likeness (QED) is 0.903. The Bertz CT molecular complexity index is 682. The third-order valence-electron chi connectivity index (χ3n) is 3.70. The number of urea groups is 1. The molecule has 1 aliphatic carbocycles. The number of nitrogens with zero attached hydrogens (tertiary/aromatic N) is 1. The van der Waals surface area contributed by atoms with Crippen LogP contribution in [-0.2, 0) is 5.54 Å². The number of carbonyl (C=O) groups excluding carboxylic acids is 1. The summed E-state index contributed by atoms with van der Waals surface area (Å²) >= 11 is 0. The Morgan fingerprint density at radius 2 is 1.71 bits per heavy atom. The molecule has 4 nitrogen and oxygen atoms in total. The number of anilines is 1. The number of nitrogens with one attached hydrogen (secondary N) is 2. The summed E-state index contributed by atoms with van der Waals surface area (Å²) < 4.78 is 0. The second-order valence-corrected chi connectivity index (χ2v) is 5.22. The van der Waals surface area contributed by atoms with Crippen molar-refractivity contribution >= 4 is 11.7 Å². The third kappa shape index (κ3) is 2.87. The van der Waals surface area contributed by atoms with Crippen LogP contribution in [0.2, 0.25) is 0 Å². The summed E-state index contributed by atoms with van der Waals surface area (Å²) in [6.45, 7) is 0. The lowest BCUT2D eigenvalue weighted by Crippen LogP contribution is -2.38. The molecule has 2 aromatic rings. The van der Waals surface area contributed by atoms with Crippen molar-refractivity contribution in [2.24, 2.45) is 0 Å². The standard InChI is InChI=1S/C17H15N3O/c18-12-13-6-8-15(9-7-13)19-16(21)20-17(10-11-17)14-4-2-1-3-5-14/h1-9H,10-11H2,(H2,19,20,21). The fraction of sp³-hybridized carbons (Fsp3) is 0.176. The van der Waals surface area contributed by atoms with Gasteiger partial charge in [-0.2, -0.15) is 5.26 Å². The van der Waals surface area contributed by atoms with Crippen LogP contribution in [0.15, 0.2) is 54.6 Å². The summed E-state index contributed by atoms with van der Waals surface area (Å²) in [4.78, 5) is 12.1. The molecule has 0 heterocycles. The zero-order valence-electron chi connectivity index (χ0n) is 11.5. The van der Waals surface area contributed by atoms with Crippen LogP contribution in [0.25, 0.3) is 0 Å². The van der Waals surface area contributed by atoms with E-state index in [0.717, 1.165) is 18.4 Å². The predicted octanol–water partition coefficient (Wildman–Crippen LogP) is 3.37. The molecule has 0 spiro atoms. The van der Waals surface area contributed by atoms with E-state index in [-0.39, 0.29) is 11.6 Å². The molecule has 0 bridgehead atoms. The molecule has 0 aromatic heterocycles. The van der Waals surface area contributed by atoms with Gasteiger partial charge in [-0.25, -0.2) is 4.79 Å². The number of hydrogen-bond acceptors (Lipinski definition) is 2. The second kappa shape index (κ2) is 5.29. The highest BCUT2D eigenvalue weighted by Gasteiger charge is 2.45. The first-order valence-corrected chi connectivity index (χ1v) is 6.87. The van der Waals surface area contributed by atoms with Gasteiger partial charge in [-0.3, -0.25) is 0 Å². The number of amides is 2. The lowest BCUT2D eigenvalue weighted by molar-refractivity contribution is 0.247. The minimum Gasteiger partial charge on any atom is -0.328 e. The van der Waals surface area contributed by atoms with E-state index in [1.165, 1.54) is 0 Å². The van der Waals surface area contributed by atoms with E-state index in [2.05, 4.69) is 10.6 Å². The molecule has 1 aliphatic rings. The Hall–Kier alpha value is -2.80. The lowest BCUT2D eigenvalue weighted by atomic mass is 10.1. The Kier molecular flexibility index (Phi) is 3.33. The van der Waals surface area contributed by atoms with Crippen molar-refractivity contribution in [1.82, 2.24) is 5.32 Å². The summed E-state index contributed by atoms with van der Waals surface area (Å²) in [5, 5.41) is 14.6. The van der Waals surface area contributed by atoms with Gasteiger partial charge in [0, 0.05) is 5.69 Å². The van der Waals surface area contributed by atoms with Crippen LogP contribution in [0.3, 0.4) is 0 Å². The Morgan fingerprint density at radius 1 is 1.05 bits per heavy atom. The van der Waals surface area contributed by atoms with Gasteiger partial charge in [-0.15, -0.1) is 0 Å². The van der Waals surface area contributed by atoms with Crippen LogP contribution in [0, 0.1) is 11.3 Å². The van der Waals surface area contributed by atoms with Gasteiger partial charge in [0.1, 0.15) is 0 Å². The van der Waals surface area contributed by atoms with Gasteiger partial charge in [0.25, 0.3) is 0 Å². The topological polar surface area (TPSA) is 64.9 Å². The SMILES string of the molecule is N#Cc1ccc(NC(=O)NC2(c3ccccc3)CC2)cc1. The lowest BCUT2D eigenvalue weighted by Gasteiger charge is -2.18. The van der Waals surface area contributed by atoms with Crippen molar-refractivity contribution in [1.29, 1.82) is 5.26 Å². The average Bonchev–Trinajstić information content (AvgIpc) is 3.29. The predicted molar refractivity (Wildman–Crippen MR) is 80.7 cm³/mol. The molecule has 4 heteroatoms. The molecule has 104 valence electrons. The van der Waals surface area contributed by atoms with Gasteiger partial charge < -0.3 is 10.6 Å². The van der Waals surface area contributed by atoms with Crippen molar-refractivity contribution in [3.8, 4) is 6.07 Å². The molecule has 3 rings (SSSR count). The van der Waals surface area contributed by atoms with E-state index in [4.69, 9.17) is 5.26 Å². The van der Waals surface area contributed by atoms with Gasteiger partial charge in [0.05, 0.1) is 17.2 Å². The van der Waals surface area contributed by atoms with Crippen LogP contribution < -0.4 is 10.6 Å². The zero-order chi connectivity index (χ0) is 14.7. The molecule has 0 atom stereocenters. The molecule has 0 aliphatic heterocycles. The first-order valence-electron chi connectivity index (χ1n) is 6.87. The molecule has 21 heavy (non-hydrogen) atoms. The van der Waals surface area contributed by atoms with Crippen molar-refractivity contribution in [3.63, 3.8) is 0 Å². The van der Waals surface area contributed by atoms with Gasteiger partial charge in [-0.1, -0.05) is 30.3 Å². The molecule has 1 saturated carbocycles. The van der Waals surface area contributed by atoms with E-state index >= 15 is 0 Å². The maximum absolute atomic E-state index is 12.1. The third-order valence-corrected chi connectivity index (χ3v) is 3.70. The molecule has 2 amide bonds. The maximum atomic E-state index is 12.1. The largest absolute Gasteiger partial charge is 0.328 e. The van der Waals surface area contributed by atoms with Gasteiger partial charge in [0.2, 0.25) is 0 Å². The summed E-state index contributed by atoms with van der Waals surface area (Å²) in [5.41, 5.74) is 2.16. The van der Waals surface area contributed by atoms with Crippen LogP contribution in [0.4, 0.5) is 10.5 Å². The first-order chi connectivity index (χ1) is 10.2. The first kappa shape index (κ1) is 13.2. The zero-order valence-corrected chi connectivity index (χ0v) is 11.5. The Morgan fingerprint density at radius 3 is 2.29 bits per heavy atom. The molecule has 1 fully saturated rings. The normalized spacial score (nSPS) is 14.8. The highest BCUT2D eigenvalue weighted by molar-refractivity contribution is 5.90.